The third-order valence-electron chi connectivity index (χ3n) is 4.67. The van der Waals surface area contributed by atoms with Crippen molar-refractivity contribution in [3.63, 3.8) is 0 Å². The highest BCUT2D eigenvalue weighted by atomic mass is 35.5. The average molecular weight is 376 g/mol. The number of halogens is 2. The maximum absolute atomic E-state index is 13.9. The summed E-state index contributed by atoms with van der Waals surface area (Å²) in [5.41, 5.74) is 1.87. The zero-order valence-corrected chi connectivity index (χ0v) is 15.4. The summed E-state index contributed by atoms with van der Waals surface area (Å²) >= 11 is 7.66. The van der Waals surface area contributed by atoms with Crippen LogP contribution in [0.3, 0.4) is 0 Å². The van der Waals surface area contributed by atoms with Crippen LogP contribution in [0, 0.1) is 5.82 Å². The molecule has 1 aromatic carbocycles. The van der Waals surface area contributed by atoms with Gasteiger partial charge in [-0.25, -0.2) is 4.39 Å². The second-order valence-electron chi connectivity index (χ2n) is 6.36. The molecule has 3 nitrogen and oxygen atoms in total. The zero-order valence-electron chi connectivity index (χ0n) is 13.8. The van der Waals surface area contributed by atoms with Gasteiger partial charge in [-0.05, 0) is 35.9 Å². The van der Waals surface area contributed by atoms with Gasteiger partial charge >= 0.3 is 0 Å². The molecule has 6 heteroatoms. The SMILES string of the molecule is Fc1ccc(CN2CCN(Cc3ccc(Cl)s3)CC2)c2ncccc12. The Bertz CT molecular complexity index is 874. The number of thiophene rings is 1. The van der Waals surface area contributed by atoms with E-state index in [4.69, 9.17) is 11.6 Å². The van der Waals surface area contributed by atoms with Crippen LogP contribution in [0.15, 0.2) is 42.6 Å². The summed E-state index contributed by atoms with van der Waals surface area (Å²) in [6.07, 6.45) is 1.73. The van der Waals surface area contributed by atoms with E-state index in [0.29, 0.717) is 5.39 Å². The van der Waals surface area contributed by atoms with Crippen LogP contribution in [0.25, 0.3) is 10.9 Å². The minimum Gasteiger partial charge on any atom is -0.296 e. The molecule has 1 aliphatic heterocycles. The van der Waals surface area contributed by atoms with Crippen molar-refractivity contribution in [1.82, 2.24) is 14.8 Å². The molecule has 4 rings (SSSR count). The molecule has 0 spiro atoms. The molecule has 130 valence electrons. The van der Waals surface area contributed by atoms with Crippen molar-refractivity contribution in [2.45, 2.75) is 13.1 Å². The van der Waals surface area contributed by atoms with Crippen LogP contribution in [0.5, 0.6) is 0 Å². The highest BCUT2D eigenvalue weighted by Crippen LogP contribution is 2.24. The Kier molecular flexibility index (Phi) is 4.99. The Morgan fingerprint density at radius 2 is 1.76 bits per heavy atom. The first-order chi connectivity index (χ1) is 12.2. The first kappa shape index (κ1) is 16.9. The van der Waals surface area contributed by atoms with Crippen molar-refractivity contribution in [2.75, 3.05) is 26.2 Å². The minimum absolute atomic E-state index is 0.203. The van der Waals surface area contributed by atoms with Gasteiger partial charge in [0.05, 0.1) is 9.85 Å². The number of hydrogen-bond donors (Lipinski definition) is 0. The van der Waals surface area contributed by atoms with Gasteiger partial charge in [-0.2, -0.15) is 0 Å². The van der Waals surface area contributed by atoms with Gasteiger partial charge in [0.25, 0.3) is 0 Å². The standard InChI is InChI=1S/C19H19ClFN3S/c20-18-6-4-15(25-18)13-24-10-8-23(9-11-24)12-14-3-5-17(21)16-2-1-7-22-19(14)16/h1-7H,8-13H2. The van der Waals surface area contributed by atoms with Crippen molar-refractivity contribution in [3.05, 3.63) is 63.2 Å². The van der Waals surface area contributed by atoms with Gasteiger partial charge in [-0.3, -0.25) is 14.8 Å². The lowest BCUT2D eigenvalue weighted by atomic mass is 10.1. The van der Waals surface area contributed by atoms with E-state index < -0.39 is 0 Å². The van der Waals surface area contributed by atoms with E-state index >= 15 is 0 Å². The lowest BCUT2D eigenvalue weighted by Crippen LogP contribution is -2.45. The molecule has 2 aromatic heterocycles. The number of pyridine rings is 1. The molecule has 1 fully saturated rings. The van der Waals surface area contributed by atoms with Crippen LogP contribution in [0.1, 0.15) is 10.4 Å². The largest absolute Gasteiger partial charge is 0.296 e. The van der Waals surface area contributed by atoms with E-state index in [1.54, 1.807) is 35.7 Å². The third kappa shape index (κ3) is 3.85. The van der Waals surface area contributed by atoms with Gasteiger partial charge in [0.1, 0.15) is 5.82 Å². The molecule has 0 amide bonds. The molecule has 25 heavy (non-hydrogen) atoms. The Labute approximate surface area is 155 Å². The predicted octanol–water partition coefficient (Wildman–Crippen LogP) is 4.41. The van der Waals surface area contributed by atoms with Crippen LogP contribution < -0.4 is 0 Å². The van der Waals surface area contributed by atoms with Gasteiger partial charge in [0.2, 0.25) is 0 Å². The molecular weight excluding hydrogens is 357 g/mol. The second-order valence-corrected chi connectivity index (χ2v) is 8.16. The summed E-state index contributed by atoms with van der Waals surface area (Å²) in [6.45, 7) is 5.85. The summed E-state index contributed by atoms with van der Waals surface area (Å²) in [5, 5.41) is 0.605. The highest BCUT2D eigenvalue weighted by molar-refractivity contribution is 7.16. The minimum atomic E-state index is -0.203. The third-order valence-corrected chi connectivity index (χ3v) is 5.88. The molecule has 1 aliphatic rings. The highest BCUT2D eigenvalue weighted by Gasteiger charge is 2.19. The molecule has 3 aromatic rings. The van der Waals surface area contributed by atoms with E-state index in [1.807, 2.05) is 12.1 Å². The lowest BCUT2D eigenvalue weighted by Gasteiger charge is -2.34. The number of hydrogen-bond acceptors (Lipinski definition) is 4. The summed E-state index contributed by atoms with van der Waals surface area (Å²) in [5.74, 6) is -0.203. The van der Waals surface area contributed by atoms with Gasteiger partial charge < -0.3 is 0 Å². The molecule has 0 radical (unpaired) electrons. The molecule has 0 atom stereocenters. The van der Waals surface area contributed by atoms with Crippen LogP contribution in [0.2, 0.25) is 4.34 Å². The summed E-state index contributed by atoms with van der Waals surface area (Å²) in [4.78, 5) is 10.6. The number of fused-ring (bicyclic) bond motifs is 1. The van der Waals surface area contributed by atoms with Crippen molar-refractivity contribution >= 4 is 33.8 Å². The molecule has 0 N–H and O–H groups in total. The van der Waals surface area contributed by atoms with Crippen molar-refractivity contribution in [1.29, 1.82) is 0 Å². The van der Waals surface area contributed by atoms with E-state index in [0.717, 1.165) is 54.7 Å². The molecule has 0 unspecified atom stereocenters. The van der Waals surface area contributed by atoms with Crippen LogP contribution in [-0.4, -0.2) is 41.0 Å². The number of rotatable bonds is 4. The maximum Gasteiger partial charge on any atom is 0.132 e. The average Bonchev–Trinajstić information content (AvgIpc) is 3.04. The van der Waals surface area contributed by atoms with Crippen molar-refractivity contribution in [2.24, 2.45) is 0 Å². The van der Waals surface area contributed by atoms with Crippen molar-refractivity contribution in [3.8, 4) is 0 Å². The fraction of sp³-hybridized carbons (Fsp3) is 0.316. The first-order valence-corrected chi connectivity index (χ1v) is 9.59. The van der Waals surface area contributed by atoms with E-state index in [-0.39, 0.29) is 5.82 Å². The number of piperazine rings is 1. The topological polar surface area (TPSA) is 19.4 Å². The first-order valence-electron chi connectivity index (χ1n) is 8.40. The maximum atomic E-state index is 13.9. The normalized spacial score (nSPS) is 16.6. The molecule has 0 bridgehead atoms. The summed E-state index contributed by atoms with van der Waals surface area (Å²) in [7, 11) is 0. The van der Waals surface area contributed by atoms with Gasteiger partial charge in [0, 0.05) is 55.7 Å². The summed E-state index contributed by atoms with van der Waals surface area (Å²) in [6, 6.07) is 11.1. The predicted molar refractivity (Wildman–Crippen MR) is 102 cm³/mol. The zero-order chi connectivity index (χ0) is 17.2. The molecule has 0 aliphatic carbocycles. The number of benzene rings is 1. The Morgan fingerprint density at radius 1 is 1.00 bits per heavy atom. The Morgan fingerprint density at radius 3 is 2.48 bits per heavy atom. The molecule has 0 saturated carbocycles. The van der Waals surface area contributed by atoms with E-state index in [2.05, 4.69) is 20.9 Å². The van der Waals surface area contributed by atoms with Crippen LogP contribution in [-0.2, 0) is 13.1 Å². The fourth-order valence-electron chi connectivity index (χ4n) is 3.33. The molecular formula is C19H19ClFN3S. The summed E-state index contributed by atoms with van der Waals surface area (Å²) < 4.78 is 14.8. The number of aromatic nitrogens is 1. The van der Waals surface area contributed by atoms with Gasteiger partial charge in [-0.1, -0.05) is 17.7 Å². The second kappa shape index (κ2) is 7.38. The van der Waals surface area contributed by atoms with Crippen LogP contribution >= 0.6 is 22.9 Å². The quantitative estimate of drug-likeness (QED) is 0.673. The van der Waals surface area contributed by atoms with Crippen molar-refractivity contribution < 1.29 is 4.39 Å². The van der Waals surface area contributed by atoms with E-state index in [1.165, 1.54) is 4.88 Å². The molecule has 1 saturated heterocycles. The van der Waals surface area contributed by atoms with Crippen LogP contribution in [0.4, 0.5) is 4.39 Å². The Balaban J connectivity index is 1.40. The smallest absolute Gasteiger partial charge is 0.132 e. The molecule has 3 heterocycles. The van der Waals surface area contributed by atoms with Gasteiger partial charge in [-0.15, -0.1) is 11.3 Å². The monoisotopic (exact) mass is 375 g/mol. The number of nitrogens with zero attached hydrogens (tertiary/aromatic N) is 3. The lowest BCUT2D eigenvalue weighted by molar-refractivity contribution is 0.123. The Hall–Kier alpha value is -1.53. The van der Waals surface area contributed by atoms with Gasteiger partial charge in [0.15, 0.2) is 0 Å². The fourth-order valence-corrected chi connectivity index (χ4v) is 4.46. The van der Waals surface area contributed by atoms with E-state index in [9.17, 15) is 4.39 Å².